The molecule has 0 spiro atoms. The van der Waals surface area contributed by atoms with E-state index in [9.17, 15) is 22.0 Å². The molecule has 0 atom stereocenters. The van der Waals surface area contributed by atoms with Crippen molar-refractivity contribution in [1.29, 1.82) is 0 Å². The zero-order valence-corrected chi connectivity index (χ0v) is 15.2. The largest absolute Gasteiger partial charge is 0.302 e. The number of carbonyl (C=O) groups excluding carboxylic acids is 1. The van der Waals surface area contributed by atoms with Crippen LogP contribution < -0.4 is 5.32 Å². The molecule has 2 aliphatic rings. The van der Waals surface area contributed by atoms with Gasteiger partial charge in [0, 0.05) is 29.8 Å². The third-order valence-electron chi connectivity index (χ3n) is 4.35. The Hall–Kier alpha value is -1.91. The Balaban J connectivity index is 1.55. The highest BCUT2D eigenvalue weighted by Gasteiger charge is 2.33. The summed E-state index contributed by atoms with van der Waals surface area (Å²) in [6.45, 7) is 0.222. The van der Waals surface area contributed by atoms with Gasteiger partial charge in [0.25, 0.3) is 0 Å². The van der Waals surface area contributed by atoms with E-state index in [1.54, 1.807) is 0 Å². The molecule has 1 aliphatic heterocycles. The Kier molecular flexibility index (Phi) is 4.28. The first kappa shape index (κ1) is 17.5. The second-order valence-electron chi connectivity index (χ2n) is 6.35. The van der Waals surface area contributed by atoms with E-state index >= 15 is 0 Å². The number of thiazole rings is 1. The van der Waals surface area contributed by atoms with Crippen LogP contribution in [0.15, 0.2) is 23.1 Å². The number of nitrogens with one attached hydrogen (secondary N) is 1. The monoisotopic (exact) mass is 399 g/mol. The van der Waals surface area contributed by atoms with Gasteiger partial charge in [0.1, 0.15) is 11.6 Å². The number of hydrogen-bond donors (Lipinski definition) is 1. The number of nitrogens with zero attached hydrogens (tertiary/aromatic N) is 2. The molecule has 1 fully saturated rings. The van der Waals surface area contributed by atoms with E-state index in [1.807, 2.05) is 0 Å². The molecule has 1 N–H and O–H groups in total. The fourth-order valence-electron chi connectivity index (χ4n) is 2.81. The van der Waals surface area contributed by atoms with Crippen LogP contribution in [-0.4, -0.2) is 30.2 Å². The van der Waals surface area contributed by atoms with E-state index in [1.165, 1.54) is 15.6 Å². The summed E-state index contributed by atoms with van der Waals surface area (Å²) in [5.41, 5.74) is 0.748. The molecule has 0 radical (unpaired) electrons. The van der Waals surface area contributed by atoms with Gasteiger partial charge in [-0.2, -0.15) is 4.31 Å². The number of aromatic nitrogens is 1. The lowest BCUT2D eigenvalue weighted by molar-refractivity contribution is -0.117. The summed E-state index contributed by atoms with van der Waals surface area (Å²) in [5.74, 6) is -1.89. The SMILES string of the molecule is O=C(Nc1nc2c(s1)CN(S(=O)(=O)c1cc(F)cc(F)c1)CC2)C1CC1. The predicted molar refractivity (Wildman–Crippen MR) is 91.1 cm³/mol. The van der Waals surface area contributed by atoms with Crippen LogP contribution in [0.3, 0.4) is 0 Å². The molecule has 6 nitrogen and oxygen atoms in total. The third kappa shape index (κ3) is 3.36. The predicted octanol–water partition coefficient (Wildman–Crippen LogP) is 2.52. The Morgan fingerprint density at radius 3 is 2.58 bits per heavy atom. The van der Waals surface area contributed by atoms with Crippen molar-refractivity contribution in [2.24, 2.45) is 5.92 Å². The number of sulfonamides is 1. The van der Waals surface area contributed by atoms with Crippen LogP contribution in [0.4, 0.5) is 13.9 Å². The van der Waals surface area contributed by atoms with Crippen LogP contribution in [0, 0.1) is 17.6 Å². The van der Waals surface area contributed by atoms with Crippen LogP contribution in [0.2, 0.25) is 0 Å². The van der Waals surface area contributed by atoms with E-state index < -0.39 is 26.6 Å². The molecule has 0 unspecified atom stereocenters. The molecule has 1 aromatic heterocycles. The number of benzene rings is 1. The Labute approximate surface area is 152 Å². The summed E-state index contributed by atoms with van der Waals surface area (Å²) >= 11 is 1.23. The Morgan fingerprint density at radius 2 is 1.92 bits per heavy atom. The maximum absolute atomic E-state index is 13.4. The van der Waals surface area contributed by atoms with Crippen molar-refractivity contribution >= 4 is 32.4 Å². The number of anilines is 1. The molecule has 138 valence electrons. The van der Waals surface area contributed by atoms with Gasteiger partial charge < -0.3 is 5.32 Å². The lowest BCUT2D eigenvalue weighted by Crippen LogP contribution is -2.35. The zero-order chi connectivity index (χ0) is 18.5. The van der Waals surface area contributed by atoms with Crippen molar-refractivity contribution in [3.05, 3.63) is 40.4 Å². The molecular formula is C16H15F2N3O3S2. The van der Waals surface area contributed by atoms with Crippen LogP contribution in [0.5, 0.6) is 0 Å². The minimum atomic E-state index is -4.02. The molecule has 0 saturated heterocycles. The number of carbonyl (C=O) groups is 1. The van der Waals surface area contributed by atoms with Crippen molar-refractivity contribution in [3.8, 4) is 0 Å². The average molecular weight is 399 g/mol. The molecular weight excluding hydrogens is 384 g/mol. The number of fused-ring (bicyclic) bond motifs is 1. The van der Waals surface area contributed by atoms with Gasteiger partial charge in [-0.25, -0.2) is 22.2 Å². The highest BCUT2D eigenvalue weighted by atomic mass is 32.2. The summed E-state index contributed by atoms with van der Waals surface area (Å²) in [5, 5.41) is 3.22. The highest BCUT2D eigenvalue weighted by Crippen LogP contribution is 2.34. The average Bonchev–Trinajstić information content (AvgIpc) is 3.34. The fraction of sp³-hybridized carbons (Fsp3) is 0.375. The van der Waals surface area contributed by atoms with Gasteiger partial charge in [-0.05, 0) is 25.0 Å². The van der Waals surface area contributed by atoms with Crippen molar-refractivity contribution in [2.45, 2.75) is 30.7 Å². The van der Waals surface area contributed by atoms with Gasteiger partial charge in [-0.1, -0.05) is 0 Å². The molecule has 1 aromatic carbocycles. The zero-order valence-electron chi connectivity index (χ0n) is 13.5. The summed E-state index contributed by atoms with van der Waals surface area (Å²) in [6.07, 6.45) is 2.14. The number of hydrogen-bond acceptors (Lipinski definition) is 5. The second-order valence-corrected chi connectivity index (χ2v) is 9.37. The van der Waals surface area contributed by atoms with Crippen LogP contribution >= 0.6 is 11.3 Å². The van der Waals surface area contributed by atoms with E-state index in [0.29, 0.717) is 17.6 Å². The lowest BCUT2D eigenvalue weighted by atomic mass is 10.2. The van der Waals surface area contributed by atoms with E-state index in [2.05, 4.69) is 10.3 Å². The van der Waals surface area contributed by atoms with Gasteiger partial charge in [0.05, 0.1) is 17.1 Å². The minimum Gasteiger partial charge on any atom is -0.302 e. The number of amides is 1. The van der Waals surface area contributed by atoms with Gasteiger partial charge in [0.15, 0.2) is 5.13 Å². The van der Waals surface area contributed by atoms with Gasteiger partial charge >= 0.3 is 0 Å². The van der Waals surface area contributed by atoms with Gasteiger partial charge in [-0.3, -0.25) is 4.79 Å². The third-order valence-corrected chi connectivity index (χ3v) is 7.17. The standard InChI is InChI=1S/C16H15F2N3O3S2/c17-10-5-11(18)7-12(6-10)26(23,24)21-4-3-13-14(8-21)25-16(19-13)20-15(22)9-1-2-9/h5-7,9H,1-4,8H2,(H,19,20,22). The van der Waals surface area contributed by atoms with Crippen LogP contribution in [0.1, 0.15) is 23.4 Å². The molecule has 2 heterocycles. The summed E-state index contributed by atoms with van der Waals surface area (Å²) < 4.78 is 53.3. The highest BCUT2D eigenvalue weighted by molar-refractivity contribution is 7.89. The fourth-order valence-corrected chi connectivity index (χ4v) is 5.37. The Bertz CT molecular complexity index is 966. The quantitative estimate of drug-likeness (QED) is 0.857. The van der Waals surface area contributed by atoms with Crippen LogP contribution in [-0.2, 0) is 27.8 Å². The Morgan fingerprint density at radius 1 is 1.23 bits per heavy atom. The van der Waals surface area contributed by atoms with Crippen molar-refractivity contribution in [2.75, 3.05) is 11.9 Å². The topological polar surface area (TPSA) is 79.4 Å². The summed E-state index contributed by atoms with van der Waals surface area (Å²) in [6, 6.07) is 2.25. The molecule has 2 aromatic rings. The molecule has 0 bridgehead atoms. The number of rotatable bonds is 4. The van der Waals surface area contributed by atoms with Gasteiger partial charge in [0.2, 0.25) is 15.9 Å². The van der Waals surface area contributed by atoms with Gasteiger partial charge in [-0.15, -0.1) is 11.3 Å². The first-order chi connectivity index (χ1) is 12.3. The van der Waals surface area contributed by atoms with Crippen LogP contribution in [0.25, 0.3) is 0 Å². The molecule has 10 heteroatoms. The maximum Gasteiger partial charge on any atom is 0.243 e. The first-order valence-corrected chi connectivity index (χ1v) is 10.3. The van der Waals surface area contributed by atoms with Crippen molar-refractivity contribution in [3.63, 3.8) is 0 Å². The van der Waals surface area contributed by atoms with E-state index in [0.717, 1.165) is 35.5 Å². The molecule has 4 rings (SSSR count). The number of halogens is 2. The maximum atomic E-state index is 13.4. The van der Waals surface area contributed by atoms with E-state index in [-0.39, 0.29) is 24.9 Å². The van der Waals surface area contributed by atoms with Crippen molar-refractivity contribution in [1.82, 2.24) is 9.29 Å². The molecule has 1 saturated carbocycles. The van der Waals surface area contributed by atoms with Crippen molar-refractivity contribution < 1.29 is 22.0 Å². The second kappa shape index (κ2) is 6.36. The lowest BCUT2D eigenvalue weighted by Gasteiger charge is -2.25. The molecule has 26 heavy (non-hydrogen) atoms. The minimum absolute atomic E-state index is 0.0516. The molecule has 1 amide bonds. The normalized spacial score (nSPS) is 17.8. The van der Waals surface area contributed by atoms with E-state index in [4.69, 9.17) is 0 Å². The first-order valence-electron chi connectivity index (χ1n) is 8.08. The summed E-state index contributed by atoms with van der Waals surface area (Å²) in [7, 11) is -4.02. The summed E-state index contributed by atoms with van der Waals surface area (Å²) in [4.78, 5) is 16.5. The molecule has 1 aliphatic carbocycles. The smallest absolute Gasteiger partial charge is 0.243 e.